The molecule has 1 atom stereocenters. The normalized spacial score (nSPS) is 12.3. The maximum atomic E-state index is 13.1. The molecule has 0 heterocycles. The summed E-state index contributed by atoms with van der Waals surface area (Å²) in [5, 5.41) is 5.15. The van der Waals surface area contributed by atoms with Crippen LogP contribution in [0.2, 0.25) is 0 Å². The van der Waals surface area contributed by atoms with Crippen molar-refractivity contribution in [1.82, 2.24) is 4.90 Å². The first-order valence-corrected chi connectivity index (χ1v) is 8.78. The van der Waals surface area contributed by atoms with Gasteiger partial charge < -0.3 is 5.32 Å². The number of carbonyl (C=O) groups is 1. The topological polar surface area (TPSA) is 32.3 Å². The van der Waals surface area contributed by atoms with Crippen molar-refractivity contribution in [3.05, 3.63) is 78.1 Å². The van der Waals surface area contributed by atoms with Crippen molar-refractivity contribution in [2.24, 2.45) is 0 Å². The summed E-state index contributed by atoms with van der Waals surface area (Å²) in [6.07, 6.45) is 0.394. The summed E-state index contributed by atoms with van der Waals surface area (Å²) in [5.74, 6) is -0.252. The number of benzene rings is 3. The molecule has 0 fully saturated rings. The Kier molecular flexibility index (Phi) is 5.64. The minimum absolute atomic E-state index is 0.0143. The largest absolute Gasteiger partial charge is 0.325 e. The van der Waals surface area contributed by atoms with Crippen molar-refractivity contribution in [3.63, 3.8) is 0 Å². The van der Waals surface area contributed by atoms with Gasteiger partial charge in [0.1, 0.15) is 5.82 Å². The van der Waals surface area contributed by atoms with E-state index in [2.05, 4.69) is 17.1 Å². The molecule has 3 aromatic rings. The van der Waals surface area contributed by atoms with Gasteiger partial charge in [0.2, 0.25) is 5.91 Å². The van der Waals surface area contributed by atoms with E-state index in [-0.39, 0.29) is 17.8 Å². The summed E-state index contributed by atoms with van der Waals surface area (Å²) in [6.45, 7) is 2.67. The summed E-state index contributed by atoms with van der Waals surface area (Å²) in [5.41, 5.74) is 1.87. The van der Waals surface area contributed by atoms with Crippen molar-refractivity contribution in [3.8, 4) is 0 Å². The molecule has 134 valence electrons. The highest BCUT2D eigenvalue weighted by molar-refractivity contribution is 6.02. The summed E-state index contributed by atoms with van der Waals surface area (Å²) in [6, 6.07) is 20.5. The minimum Gasteiger partial charge on any atom is -0.325 e. The van der Waals surface area contributed by atoms with Crippen LogP contribution < -0.4 is 5.32 Å². The number of nitrogens with one attached hydrogen (secondary N) is 1. The van der Waals surface area contributed by atoms with E-state index in [4.69, 9.17) is 0 Å². The number of nitrogens with zero attached hydrogens (tertiary/aromatic N) is 1. The number of hydrogen-bond acceptors (Lipinski definition) is 2. The SMILES string of the molecule is CC(c1ccc(F)cc1)N(C)CCC(=O)Nc1cccc2ccccc12. The predicted molar refractivity (Wildman–Crippen MR) is 105 cm³/mol. The van der Waals surface area contributed by atoms with Gasteiger partial charge in [0.15, 0.2) is 0 Å². The molecule has 0 radical (unpaired) electrons. The number of rotatable bonds is 6. The Morgan fingerprint density at radius 3 is 2.50 bits per heavy atom. The Balaban J connectivity index is 1.59. The molecule has 3 nitrogen and oxygen atoms in total. The summed E-state index contributed by atoms with van der Waals surface area (Å²) >= 11 is 0. The van der Waals surface area contributed by atoms with Crippen molar-refractivity contribution >= 4 is 22.4 Å². The molecule has 4 heteroatoms. The van der Waals surface area contributed by atoms with Crippen molar-refractivity contribution in [2.45, 2.75) is 19.4 Å². The van der Waals surface area contributed by atoms with E-state index in [1.807, 2.05) is 49.5 Å². The zero-order valence-corrected chi connectivity index (χ0v) is 15.1. The fourth-order valence-corrected chi connectivity index (χ4v) is 3.01. The quantitative estimate of drug-likeness (QED) is 0.678. The third-order valence-corrected chi connectivity index (χ3v) is 4.77. The van der Waals surface area contributed by atoms with Crippen molar-refractivity contribution in [1.29, 1.82) is 0 Å². The molecule has 0 aliphatic rings. The summed E-state index contributed by atoms with van der Waals surface area (Å²) in [7, 11) is 1.97. The van der Waals surface area contributed by atoms with Crippen molar-refractivity contribution in [2.75, 3.05) is 18.9 Å². The number of fused-ring (bicyclic) bond motifs is 1. The Morgan fingerprint density at radius 1 is 1.04 bits per heavy atom. The molecule has 26 heavy (non-hydrogen) atoms. The van der Waals surface area contributed by atoms with Crippen LogP contribution in [0.25, 0.3) is 10.8 Å². The number of hydrogen-bond donors (Lipinski definition) is 1. The van der Waals surface area contributed by atoms with Crippen LogP contribution in [0.4, 0.5) is 10.1 Å². The average molecular weight is 350 g/mol. The fourth-order valence-electron chi connectivity index (χ4n) is 3.01. The smallest absolute Gasteiger partial charge is 0.225 e. The lowest BCUT2D eigenvalue weighted by molar-refractivity contribution is -0.116. The highest BCUT2D eigenvalue weighted by Crippen LogP contribution is 2.23. The van der Waals surface area contributed by atoms with Crippen molar-refractivity contribution < 1.29 is 9.18 Å². The van der Waals surface area contributed by atoms with Gasteiger partial charge in [-0.2, -0.15) is 0 Å². The molecule has 3 aromatic carbocycles. The standard InChI is InChI=1S/C22H23FN2O/c1-16(17-10-12-19(23)13-11-17)25(2)15-14-22(26)24-21-9-5-7-18-6-3-4-8-20(18)21/h3-13,16H,14-15H2,1-2H3,(H,24,26). The molecule has 0 aromatic heterocycles. The van der Waals surface area contributed by atoms with Crippen LogP contribution in [-0.4, -0.2) is 24.4 Å². The Bertz CT molecular complexity index is 887. The molecule has 0 bridgehead atoms. The molecule has 1 amide bonds. The van der Waals surface area contributed by atoms with E-state index < -0.39 is 0 Å². The fraction of sp³-hybridized carbons (Fsp3) is 0.227. The molecule has 3 rings (SSSR count). The second kappa shape index (κ2) is 8.11. The van der Waals surface area contributed by atoms with Gasteiger partial charge in [-0.1, -0.05) is 48.5 Å². The Labute approximate surface area is 153 Å². The molecule has 0 saturated carbocycles. The third-order valence-electron chi connectivity index (χ3n) is 4.77. The average Bonchev–Trinajstić information content (AvgIpc) is 2.66. The van der Waals surface area contributed by atoms with E-state index >= 15 is 0 Å². The maximum absolute atomic E-state index is 13.1. The molecule has 0 aliphatic heterocycles. The van der Waals surface area contributed by atoms with E-state index in [0.29, 0.717) is 13.0 Å². The van der Waals surface area contributed by atoms with E-state index in [9.17, 15) is 9.18 Å². The first-order valence-electron chi connectivity index (χ1n) is 8.78. The molecular formula is C22H23FN2O. The maximum Gasteiger partial charge on any atom is 0.225 e. The van der Waals surface area contributed by atoms with Gasteiger partial charge in [-0.15, -0.1) is 0 Å². The number of halogens is 1. The lowest BCUT2D eigenvalue weighted by atomic mass is 10.1. The molecular weight excluding hydrogens is 327 g/mol. The first kappa shape index (κ1) is 18.1. The van der Waals surface area contributed by atoms with Crippen LogP contribution in [-0.2, 0) is 4.79 Å². The minimum atomic E-state index is -0.238. The molecule has 0 aliphatic carbocycles. The van der Waals surface area contributed by atoms with Gasteiger partial charge >= 0.3 is 0 Å². The van der Waals surface area contributed by atoms with E-state index in [1.165, 1.54) is 12.1 Å². The number of amides is 1. The predicted octanol–water partition coefficient (Wildman–Crippen LogP) is 5.00. The van der Waals surface area contributed by atoms with Crippen LogP contribution in [0.5, 0.6) is 0 Å². The Hall–Kier alpha value is -2.72. The van der Waals surface area contributed by atoms with Crippen LogP contribution in [0.1, 0.15) is 24.9 Å². The lowest BCUT2D eigenvalue weighted by Crippen LogP contribution is -2.27. The zero-order valence-electron chi connectivity index (χ0n) is 15.1. The van der Waals surface area contributed by atoms with Gasteiger partial charge in [-0.25, -0.2) is 4.39 Å². The molecule has 1 unspecified atom stereocenters. The molecule has 0 spiro atoms. The zero-order chi connectivity index (χ0) is 18.5. The number of anilines is 1. The first-order chi connectivity index (χ1) is 12.5. The molecule has 0 saturated heterocycles. The second-order valence-electron chi connectivity index (χ2n) is 6.53. The van der Waals surface area contributed by atoms with Gasteiger partial charge in [0.05, 0.1) is 0 Å². The highest BCUT2D eigenvalue weighted by Gasteiger charge is 2.13. The monoisotopic (exact) mass is 350 g/mol. The summed E-state index contributed by atoms with van der Waals surface area (Å²) in [4.78, 5) is 14.5. The van der Waals surface area contributed by atoms with Gasteiger partial charge in [-0.3, -0.25) is 9.69 Å². The van der Waals surface area contributed by atoms with Crippen LogP contribution >= 0.6 is 0 Å². The van der Waals surface area contributed by atoms with E-state index in [0.717, 1.165) is 22.0 Å². The van der Waals surface area contributed by atoms with Gasteiger partial charge in [0, 0.05) is 30.1 Å². The number of carbonyl (C=O) groups excluding carboxylic acids is 1. The van der Waals surface area contributed by atoms with Crippen LogP contribution in [0.15, 0.2) is 66.7 Å². The Morgan fingerprint density at radius 2 is 1.73 bits per heavy atom. The molecule has 1 N–H and O–H groups in total. The third kappa shape index (κ3) is 4.27. The second-order valence-corrected chi connectivity index (χ2v) is 6.53. The highest BCUT2D eigenvalue weighted by atomic mass is 19.1. The lowest BCUT2D eigenvalue weighted by Gasteiger charge is -2.24. The van der Waals surface area contributed by atoms with Crippen LogP contribution in [0, 0.1) is 5.82 Å². The van der Waals surface area contributed by atoms with Gasteiger partial charge in [-0.05, 0) is 43.1 Å². The van der Waals surface area contributed by atoms with Crippen LogP contribution in [0.3, 0.4) is 0 Å². The van der Waals surface area contributed by atoms with Gasteiger partial charge in [0.25, 0.3) is 0 Å². The van der Waals surface area contributed by atoms with E-state index in [1.54, 1.807) is 12.1 Å². The summed E-state index contributed by atoms with van der Waals surface area (Å²) < 4.78 is 13.1.